The molecule has 0 aliphatic carbocycles. The standard InChI is InChI=1S/C25H24F2N6O3/c1-15(31-35-4)20-6-5-7-23(30-20)25(2,16-12-29-33(3)13-16)14-28-24(34)21-11-22(36-32-21)18-9-8-17(26)10-19(18)27/h5-13H,14H2,1-4H3,(H,28,34)/b31-15+. The maximum absolute atomic E-state index is 14.1. The average molecular weight is 495 g/mol. The highest BCUT2D eigenvalue weighted by Gasteiger charge is 2.33. The SMILES string of the molecule is CO/N=C(\C)c1cccc(C(C)(CNC(=O)c2cc(-c3ccc(F)cc3F)on2)c2cnn(C)c2)n1. The second kappa shape index (κ2) is 10.1. The lowest BCUT2D eigenvalue weighted by Crippen LogP contribution is -2.40. The van der Waals surface area contributed by atoms with Crippen LogP contribution < -0.4 is 5.32 Å². The molecule has 0 fully saturated rings. The Labute approximate surface area is 205 Å². The number of benzene rings is 1. The Morgan fingerprint density at radius 1 is 1.22 bits per heavy atom. The number of oxime groups is 1. The summed E-state index contributed by atoms with van der Waals surface area (Å²) in [6.45, 7) is 3.85. The highest BCUT2D eigenvalue weighted by atomic mass is 19.1. The van der Waals surface area contributed by atoms with Gasteiger partial charge in [-0.2, -0.15) is 5.10 Å². The van der Waals surface area contributed by atoms with Crippen molar-refractivity contribution >= 4 is 11.6 Å². The number of pyridine rings is 1. The average Bonchev–Trinajstić information content (AvgIpc) is 3.52. The molecule has 4 aromatic rings. The summed E-state index contributed by atoms with van der Waals surface area (Å²) in [6.07, 6.45) is 3.56. The Hall–Kier alpha value is -4.41. The van der Waals surface area contributed by atoms with E-state index in [4.69, 9.17) is 14.3 Å². The van der Waals surface area contributed by atoms with E-state index in [1.807, 2.05) is 31.3 Å². The van der Waals surface area contributed by atoms with Crippen LogP contribution in [-0.4, -0.2) is 45.2 Å². The highest BCUT2D eigenvalue weighted by Crippen LogP contribution is 2.30. The molecular formula is C25H24F2N6O3. The van der Waals surface area contributed by atoms with Gasteiger partial charge in [-0.05, 0) is 38.1 Å². The van der Waals surface area contributed by atoms with Crippen molar-refractivity contribution in [3.8, 4) is 11.3 Å². The van der Waals surface area contributed by atoms with E-state index in [-0.39, 0.29) is 23.6 Å². The first kappa shape index (κ1) is 24.7. The van der Waals surface area contributed by atoms with Crippen molar-refractivity contribution in [1.82, 2.24) is 25.2 Å². The predicted octanol–water partition coefficient (Wildman–Crippen LogP) is 3.85. The first-order valence-corrected chi connectivity index (χ1v) is 11.0. The molecule has 1 unspecified atom stereocenters. The van der Waals surface area contributed by atoms with E-state index in [0.29, 0.717) is 17.1 Å². The minimum Gasteiger partial charge on any atom is -0.399 e. The van der Waals surface area contributed by atoms with E-state index < -0.39 is 23.0 Å². The summed E-state index contributed by atoms with van der Waals surface area (Å²) in [5, 5.41) is 14.8. The molecule has 1 N–H and O–H groups in total. The minimum absolute atomic E-state index is 0.00254. The van der Waals surface area contributed by atoms with Gasteiger partial charge in [0.15, 0.2) is 11.5 Å². The number of nitrogens with zero attached hydrogens (tertiary/aromatic N) is 5. The van der Waals surface area contributed by atoms with E-state index >= 15 is 0 Å². The van der Waals surface area contributed by atoms with Gasteiger partial charge in [0.1, 0.15) is 24.5 Å². The van der Waals surface area contributed by atoms with Crippen LogP contribution in [0.15, 0.2) is 64.5 Å². The van der Waals surface area contributed by atoms with Crippen LogP contribution in [0.4, 0.5) is 8.78 Å². The van der Waals surface area contributed by atoms with Crippen molar-refractivity contribution in [3.05, 3.63) is 89.1 Å². The van der Waals surface area contributed by atoms with Crippen molar-refractivity contribution < 1.29 is 22.9 Å². The molecular weight excluding hydrogens is 470 g/mol. The van der Waals surface area contributed by atoms with Crippen LogP contribution in [-0.2, 0) is 17.3 Å². The zero-order valence-corrected chi connectivity index (χ0v) is 20.1. The van der Waals surface area contributed by atoms with Crippen molar-refractivity contribution in [2.45, 2.75) is 19.3 Å². The monoisotopic (exact) mass is 494 g/mol. The summed E-state index contributed by atoms with van der Waals surface area (Å²) < 4.78 is 34.1. The summed E-state index contributed by atoms with van der Waals surface area (Å²) in [7, 11) is 3.26. The van der Waals surface area contributed by atoms with E-state index in [1.165, 1.54) is 19.2 Å². The van der Waals surface area contributed by atoms with Crippen LogP contribution in [0.5, 0.6) is 0 Å². The van der Waals surface area contributed by atoms with Crippen LogP contribution in [0.1, 0.15) is 41.3 Å². The lowest BCUT2D eigenvalue weighted by atomic mass is 9.80. The maximum Gasteiger partial charge on any atom is 0.273 e. The number of aryl methyl sites for hydroxylation is 1. The molecule has 4 rings (SSSR count). The maximum atomic E-state index is 14.1. The number of halogens is 2. The smallest absolute Gasteiger partial charge is 0.273 e. The van der Waals surface area contributed by atoms with Gasteiger partial charge in [-0.1, -0.05) is 16.4 Å². The molecule has 1 amide bonds. The Balaban J connectivity index is 1.61. The molecule has 186 valence electrons. The van der Waals surface area contributed by atoms with Crippen molar-refractivity contribution in [1.29, 1.82) is 0 Å². The van der Waals surface area contributed by atoms with Crippen LogP contribution in [0, 0.1) is 11.6 Å². The largest absolute Gasteiger partial charge is 0.399 e. The fourth-order valence-corrected chi connectivity index (χ4v) is 3.72. The van der Waals surface area contributed by atoms with E-state index in [0.717, 1.165) is 17.7 Å². The van der Waals surface area contributed by atoms with Crippen LogP contribution in [0.25, 0.3) is 11.3 Å². The van der Waals surface area contributed by atoms with Gasteiger partial charge < -0.3 is 14.7 Å². The summed E-state index contributed by atoms with van der Waals surface area (Å²) in [4.78, 5) is 22.6. The molecule has 0 saturated heterocycles. The zero-order valence-electron chi connectivity index (χ0n) is 20.1. The molecule has 9 nitrogen and oxygen atoms in total. The third kappa shape index (κ3) is 4.99. The fourth-order valence-electron chi connectivity index (χ4n) is 3.72. The van der Waals surface area contributed by atoms with Gasteiger partial charge in [0.05, 0.1) is 28.6 Å². The number of carbonyl (C=O) groups excluding carboxylic acids is 1. The quantitative estimate of drug-likeness (QED) is 0.295. The Kier molecular flexibility index (Phi) is 6.91. The first-order valence-electron chi connectivity index (χ1n) is 11.0. The molecule has 3 aromatic heterocycles. The Bertz CT molecular complexity index is 1430. The predicted molar refractivity (Wildman–Crippen MR) is 127 cm³/mol. The summed E-state index contributed by atoms with van der Waals surface area (Å²) >= 11 is 0. The summed E-state index contributed by atoms with van der Waals surface area (Å²) in [5.41, 5.74) is 1.89. The number of nitrogens with one attached hydrogen (secondary N) is 1. The van der Waals surface area contributed by atoms with Crippen molar-refractivity contribution in [2.24, 2.45) is 12.2 Å². The van der Waals surface area contributed by atoms with Gasteiger partial charge in [-0.25, -0.2) is 8.78 Å². The number of amides is 1. The van der Waals surface area contributed by atoms with E-state index in [9.17, 15) is 13.6 Å². The molecule has 0 saturated carbocycles. The normalized spacial score (nSPS) is 13.3. The first-order chi connectivity index (χ1) is 17.2. The minimum atomic E-state index is -0.819. The third-order valence-electron chi connectivity index (χ3n) is 5.80. The fraction of sp³-hybridized carbons (Fsp3) is 0.240. The Morgan fingerprint density at radius 3 is 2.72 bits per heavy atom. The number of aromatic nitrogens is 4. The van der Waals surface area contributed by atoms with Gasteiger partial charge in [0.2, 0.25) is 0 Å². The third-order valence-corrected chi connectivity index (χ3v) is 5.80. The van der Waals surface area contributed by atoms with Crippen molar-refractivity contribution in [3.63, 3.8) is 0 Å². The van der Waals surface area contributed by atoms with Gasteiger partial charge in [-0.3, -0.25) is 14.5 Å². The van der Waals surface area contributed by atoms with Crippen LogP contribution >= 0.6 is 0 Å². The van der Waals surface area contributed by atoms with E-state index in [2.05, 4.69) is 20.7 Å². The second-order valence-corrected chi connectivity index (χ2v) is 8.39. The summed E-state index contributed by atoms with van der Waals surface area (Å²) in [6, 6.07) is 9.88. The number of carbonyl (C=O) groups is 1. The molecule has 11 heteroatoms. The van der Waals surface area contributed by atoms with Gasteiger partial charge in [0, 0.05) is 37.5 Å². The molecule has 0 bridgehead atoms. The molecule has 0 spiro atoms. The van der Waals surface area contributed by atoms with Gasteiger partial charge in [0.25, 0.3) is 5.91 Å². The molecule has 0 radical (unpaired) electrons. The van der Waals surface area contributed by atoms with Gasteiger partial charge >= 0.3 is 0 Å². The molecule has 1 aromatic carbocycles. The summed E-state index contributed by atoms with van der Waals surface area (Å²) in [5.74, 6) is -2.06. The Morgan fingerprint density at radius 2 is 2.03 bits per heavy atom. The second-order valence-electron chi connectivity index (χ2n) is 8.39. The molecule has 0 aliphatic heterocycles. The highest BCUT2D eigenvalue weighted by molar-refractivity contribution is 5.96. The molecule has 36 heavy (non-hydrogen) atoms. The lowest BCUT2D eigenvalue weighted by molar-refractivity contribution is 0.0938. The van der Waals surface area contributed by atoms with Crippen molar-refractivity contribution in [2.75, 3.05) is 13.7 Å². The number of hydrogen-bond donors (Lipinski definition) is 1. The lowest BCUT2D eigenvalue weighted by Gasteiger charge is -2.28. The van der Waals surface area contributed by atoms with Crippen LogP contribution in [0.3, 0.4) is 0 Å². The van der Waals surface area contributed by atoms with Gasteiger partial charge in [-0.15, -0.1) is 0 Å². The molecule has 1 atom stereocenters. The molecule has 0 aliphatic rings. The zero-order chi connectivity index (χ0) is 25.9. The number of rotatable bonds is 8. The van der Waals surface area contributed by atoms with Crippen LogP contribution in [0.2, 0.25) is 0 Å². The number of hydrogen-bond acceptors (Lipinski definition) is 7. The topological polar surface area (TPSA) is 107 Å². The molecule has 3 heterocycles. The van der Waals surface area contributed by atoms with E-state index in [1.54, 1.807) is 24.9 Å².